The van der Waals surface area contributed by atoms with Crippen LogP contribution in [-0.2, 0) is 13.5 Å². The van der Waals surface area contributed by atoms with E-state index >= 15 is 0 Å². The summed E-state index contributed by atoms with van der Waals surface area (Å²) in [6.07, 6.45) is 3.36. The van der Waals surface area contributed by atoms with Crippen LogP contribution in [0.15, 0.2) is 18.5 Å². The molecule has 15 heavy (non-hydrogen) atoms. The maximum Gasteiger partial charge on any atom is 0.0875 e. The molecule has 2 aromatic rings. The van der Waals surface area contributed by atoms with Gasteiger partial charge in [0.2, 0.25) is 0 Å². The molecular formula is C10H14N4O. The van der Waals surface area contributed by atoms with E-state index in [1.54, 1.807) is 17.1 Å². The van der Waals surface area contributed by atoms with Gasteiger partial charge in [-0.15, -0.1) is 0 Å². The first-order chi connectivity index (χ1) is 7.16. The van der Waals surface area contributed by atoms with E-state index in [-0.39, 0.29) is 0 Å². The average Bonchev–Trinajstić information content (AvgIpc) is 2.76. The highest BCUT2D eigenvalue weighted by molar-refractivity contribution is 5.14. The number of aromatic nitrogens is 4. The topological polar surface area (TPSA) is 66.7 Å². The van der Waals surface area contributed by atoms with E-state index in [4.69, 9.17) is 0 Å². The Hall–Kier alpha value is -1.62. The molecule has 1 atom stereocenters. The fourth-order valence-corrected chi connectivity index (χ4v) is 1.61. The Labute approximate surface area is 87.7 Å². The summed E-state index contributed by atoms with van der Waals surface area (Å²) in [5.41, 5.74) is 2.78. The number of aromatic amines is 1. The molecule has 0 aromatic carbocycles. The molecule has 5 heteroatoms. The minimum Gasteiger partial charge on any atom is -0.388 e. The third-order valence-corrected chi connectivity index (χ3v) is 2.41. The number of aryl methyl sites for hydroxylation is 2. The Morgan fingerprint density at radius 2 is 2.40 bits per heavy atom. The molecule has 1 unspecified atom stereocenters. The Bertz CT molecular complexity index is 432. The standard InChI is InChI=1S/C10H14N4O/c1-7-3-9(14(2)13-7)4-10(15)8-5-11-12-6-8/h3,5-6,10,15H,4H2,1-2H3,(H,11,12). The van der Waals surface area contributed by atoms with E-state index in [0.717, 1.165) is 17.0 Å². The van der Waals surface area contributed by atoms with Crippen molar-refractivity contribution in [2.24, 2.45) is 7.05 Å². The quantitative estimate of drug-likeness (QED) is 0.778. The lowest BCUT2D eigenvalue weighted by atomic mass is 10.1. The van der Waals surface area contributed by atoms with Crippen LogP contribution in [0, 0.1) is 6.92 Å². The lowest BCUT2D eigenvalue weighted by Crippen LogP contribution is -2.05. The van der Waals surface area contributed by atoms with Crippen molar-refractivity contribution in [3.05, 3.63) is 35.4 Å². The molecule has 0 fully saturated rings. The summed E-state index contributed by atoms with van der Waals surface area (Å²) in [7, 11) is 1.88. The Balaban J connectivity index is 2.12. The molecule has 0 aliphatic rings. The number of nitrogens with one attached hydrogen (secondary N) is 1. The lowest BCUT2D eigenvalue weighted by molar-refractivity contribution is 0.176. The van der Waals surface area contributed by atoms with Crippen LogP contribution >= 0.6 is 0 Å². The van der Waals surface area contributed by atoms with Crippen LogP contribution in [0.2, 0.25) is 0 Å². The number of hydrogen-bond acceptors (Lipinski definition) is 3. The van der Waals surface area contributed by atoms with E-state index in [1.165, 1.54) is 0 Å². The highest BCUT2D eigenvalue weighted by Gasteiger charge is 2.12. The van der Waals surface area contributed by atoms with Gasteiger partial charge in [-0.3, -0.25) is 9.78 Å². The monoisotopic (exact) mass is 206 g/mol. The van der Waals surface area contributed by atoms with E-state index in [2.05, 4.69) is 15.3 Å². The van der Waals surface area contributed by atoms with Gasteiger partial charge in [-0.25, -0.2) is 0 Å². The summed E-state index contributed by atoms with van der Waals surface area (Å²) in [5.74, 6) is 0. The van der Waals surface area contributed by atoms with E-state index in [1.807, 2.05) is 20.0 Å². The summed E-state index contributed by atoms with van der Waals surface area (Å²) in [6, 6.07) is 1.98. The summed E-state index contributed by atoms with van der Waals surface area (Å²) >= 11 is 0. The second-order valence-electron chi connectivity index (χ2n) is 3.65. The fraction of sp³-hybridized carbons (Fsp3) is 0.400. The van der Waals surface area contributed by atoms with Crippen molar-refractivity contribution in [2.75, 3.05) is 0 Å². The first-order valence-electron chi connectivity index (χ1n) is 4.83. The fourth-order valence-electron chi connectivity index (χ4n) is 1.61. The first kappa shape index (κ1) is 9.92. The molecule has 0 aliphatic carbocycles. The molecule has 2 aromatic heterocycles. The van der Waals surface area contributed by atoms with Gasteiger partial charge in [0.1, 0.15) is 0 Å². The van der Waals surface area contributed by atoms with Crippen molar-refractivity contribution in [3.63, 3.8) is 0 Å². The molecule has 0 bridgehead atoms. The van der Waals surface area contributed by atoms with Crippen LogP contribution in [0.25, 0.3) is 0 Å². The third kappa shape index (κ3) is 2.07. The summed E-state index contributed by atoms with van der Waals surface area (Å²) in [5, 5.41) is 20.6. The molecule has 0 spiro atoms. The third-order valence-electron chi connectivity index (χ3n) is 2.41. The summed E-state index contributed by atoms with van der Waals surface area (Å²) in [6.45, 7) is 1.94. The Morgan fingerprint density at radius 3 is 2.93 bits per heavy atom. The van der Waals surface area contributed by atoms with Gasteiger partial charge >= 0.3 is 0 Å². The molecule has 2 rings (SSSR count). The van der Waals surface area contributed by atoms with Gasteiger partial charge in [0.05, 0.1) is 18.0 Å². The number of rotatable bonds is 3. The van der Waals surface area contributed by atoms with Crippen LogP contribution in [0.5, 0.6) is 0 Å². The maximum atomic E-state index is 9.90. The molecule has 0 radical (unpaired) electrons. The number of nitrogens with zero attached hydrogens (tertiary/aromatic N) is 3. The zero-order valence-electron chi connectivity index (χ0n) is 8.81. The second-order valence-corrected chi connectivity index (χ2v) is 3.65. The average molecular weight is 206 g/mol. The van der Waals surface area contributed by atoms with Crippen molar-refractivity contribution in [3.8, 4) is 0 Å². The van der Waals surface area contributed by atoms with Gasteiger partial charge in [0.15, 0.2) is 0 Å². The number of aliphatic hydroxyl groups excluding tert-OH is 1. The van der Waals surface area contributed by atoms with Crippen LogP contribution in [0.4, 0.5) is 0 Å². The normalized spacial score (nSPS) is 13.0. The van der Waals surface area contributed by atoms with Gasteiger partial charge in [-0.05, 0) is 13.0 Å². The zero-order chi connectivity index (χ0) is 10.8. The van der Waals surface area contributed by atoms with Crippen molar-refractivity contribution in [1.29, 1.82) is 0 Å². The molecule has 5 nitrogen and oxygen atoms in total. The number of hydrogen-bond donors (Lipinski definition) is 2. The second kappa shape index (κ2) is 3.86. The van der Waals surface area contributed by atoms with E-state index in [0.29, 0.717) is 6.42 Å². The van der Waals surface area contributed by atoms with Gasteiger partial charge in [-0.1, -0.05) is 0 Å². The van der Waals surface area contributed by atoms with E-state index in [9.17, 15) is 5.11 Å². The molecule has 0 saturated carbocycles. The van der Waals surface area contributed by atoms with Crippen LogP contribution in [0.3, 0.4) is 0 Å². The van der Waals surface area contributed by atoms with Crippen LogP contribution in [0.1, 0.15) is 23.1 Å². The van der Waals surface area contributed by atoms with Gasteiger partial charge in [0.25, 0.3) is 0 Å². The van der Waals surface area contributed by atoms with Crippen LogP contribution in [-0.4, -0.2) is 25.1 Å². The zero-order valence-corrected chi connectivity index (χ0v) is 8.81. The van der Waals surface area contributed by atoms with Crippen molar-refractivity contribution < 1.29 is 5.11 Å². The first-order valence-corrected chi connectivity index (χ1v) is 4.83. The summed E-state index contributed by atoms with van der Waals surface area (Å²) in [4.78, 5) is 0. The molecular weight excluding hydrogens is 192 g/mol. The molecule has 0 aliphatic heterocycles. The summed E-state index contributed by atoms with van der Waals surface area (Å²) < 4.78 is 1.79. The van der Waals surface area contributed by atoms with E-state index < -0.39 is 6.10 Å². The smallest absolute Gasteiger partial charge is 0.0875 e. The van der Waals surface area contributed by atoms with Crippen molar-refractivity contribution in [2.45, 2.75) is 19.4 Å². The molecule has 2 heterocycles. The molecule has 80 valence electrons. The predicted molar refractivity (Wildman–Crippen MR) is 55.2 cm³/mol. The van der Waals surface area contributed by atoms with Gasteiger partial charge in [-0.2, -0.15) is 10.2 Å². The number of H-pyrrole nitrogens is 1. The molecule has 0 amide bonds. The minimum atomic E-state index is -0.529. The highest BCUT2D eigenvalue weighted by atomic mass is 16.3. The maximum absolute atomic E-state index is 9.90. The van der Waals surface area contributed by atoms with Crippen molar-refractivity contribution in [1.82, 2.24) is 20.0 Å². The molecule has 2 N–H and O–H groups in total. The lowest BCUT2D eigenvalue weighted by Gasteiger charge is -2.07. The van der Waals surface area contributed by atoms with Crippen LogP contribution < -0.4 is 0 Å². The predicted octanol–water partition coefficient (Wildman–Crippen LogP) is 0.728. The Kier molecular flexibility index (Phi) is 2.55. The minimum absolute atomic E-state index is 0.529. The van der Waals surface area contributed by atoms with Gasteiger partial charge < -0.3 is 5.11 Å². The SMILES string of the molecule is Cc1cc(CC(O)c2cn[nH]c2)n(C)n1. The number of aliphatic hydroxyl groups is 1. The van der Waals surface area contributed by atoms with Gasteiger partial charge in [0, 0.05) is 30.9 Å². The highest BCUT2D eigenvalue weighted by Crippen LogP contribution is 2.16. The molecule has 0 saturated heterocycles. The largest absolute Gasteiger partial charge is 0.388 e. The van der Waals surface area contributed by atoms with Crippen molar-refractivity contribution >= 4 is 0 Å². The Morgan fingerprint density at radius 1 is 1.60 bits per heavy atom.